The third-order valence-electron chi connectivity index (χ3n) is 1.74. The van der Waals surface area contributed by atoms with Crippen LogP contribution in [0.1, 0.15) is 10.4 Å². The zero-order valence-corrected chi connectivity index (χ0v) is 9.26. The third kappa shape index (κ3) is 2.18. The number of carbonyl (C=O) groups is 1. The summed E-state index contributed by atoms with van der Waals surface area (Å²) in [4.78, 5) is 16.3. The van der Waals surface area contributed by atoms with Gasteiger partial charge in [0.05, 0.1) is 22.7 Å². The normalized spacial score (nSPS) is 10.0. The summed E-state index contributed by atoms with van der Waals surface area (Å²) in [6.45, 7) is 0. The Morgan fingerprint density at radius 3 is 2.64 bits per heavy atom. The summed E-state index contributed by atoms with van der Waals surface area (Å²) in [5.41, 5.74) is 0.323. The Morgan fingerprint density at radius 2 is 2.07 bits per heavy atom. The van der Waals surface area contributed by atoms with Gasteiger partial charge in [0.15, 0.2) is 0 Å². The van der Waals surface area contributed by atoms with Gasteiger partial charge in [0, 0.05) is 7.05 Å². The van der Waals surface area contributed by atoms with E-state index in [9.17, 15) is 4.79 Å². The van der Waals surface area contributed by atoms with Crippen LogP contribution in [0.5, 0.6) is 0 Å². The van der Waals surface area contributed by atoms with Gasteiger partial charge in [-0.3, -0.25) is 9.63 Å². The number of rotatable bonds is 2. The van der Waals surface area contributed by atoms with E-state index in [0.717, 1.165) is 5.06 Å². The average molecular weight is 234 g/mol. The molecule has 0 unspecified atom stereocenters. The standard InChI is InChI=1S/C9H9Cl2NO2/c1-12(14-2)9(13)6-4-3-5-7(10)8(6)11/h3-5H,1-2H3. The monoisotopic (exact) mass is 233 g/mol. The molecule has 1 amide bonds. The van der Waals surface area contributed by atoms with E-state index in [2.05, 4.69) is 0 Å². The maximum atomic E-state index is 11.6. The van der Waals surface area contributed by atoms with E-state index < -0.39 is 0 Å². The van der Waals surface area contributed by atoms with Gasteiger partial charge in [-0.1, -0.05) is 29.3 Å². The lowest BCUT2D eigenvalue weighted by Crippen LogP contribution is -2.25. The molecule has 0 N–H and O–H groups in total. The van der Waals surface area contributed by atoms with Crippen molar-refractivity contribution in [3.8, 4) is 0 Å². The largest absolute Gasteiger partial charge is 0.278 e. The van der Waals surface area contributed by atoms with Crippen molar-refractivity contribution in [3.05, 3.63) is 33.8 Å². The number of amides is 1. The molecule has 0 saturated heterocycles. The maximum absolute atomic E-state index is 11.6. The topological polar surface area (TPSA) is 29.5 Å². The minimum atomic E-state index is -0.333. The van der Waals surface area contributed by atoms with Crippen molar-refractivity contribution in [2.75, 3.05) is 14.2 Å². The van der Waals surface area contributed by atoms with Crippen LogP contribution in [0.3, 0.4) is 0 Å². The van der Waals surface area contributed by atoms with Crippen molar-refractivity contribution >= 4 is 29.1 Å². The van der Waals surface area contributed by atoms with Crippen LogP contribution in [-0.2, 0) is 4.84 Å². The van der Waals surface area contributed by atoms with Gasteiger partial charge in [0.1, 0.15) is 0 Å². The van der Waals surface area contributed by atoms with E-state index in [-0.39, 0.29) is 10.9 Å². The summed E-state index contributed by atoms with van der Waals surface area (Å²) in [5, 5.41) is 1.67. The molecule has 0 aliphatic heterocycles. The highest BCUT2D eigenvalue weighted by atomic mass is 35.5. The predicted octanol–water partition coefficient (Wildman–Crippen LogP) is 2.63. The number of hydroxylamine groups is 2. The fourth-order valence-electron chi connectivity index (χ4n) is 0.922. The molecule has 0 aliphatic rings. The van der Waals surface area contributed by atoms with Crippen LogP contribution < -0.4 is 0 Å². The Kier molecular flexibility index (Phi) is 3.75. The first-order chi connectivity index (χ1) is 6.57. The molecule has 0 heterocycles. The van der Waals surface area contributed by atoms with E-state index >= 15 is 0 Å². The minimum Gasteiger partial charge on any atom is -0.274 e. The van der Waals surface area contributed by atoms with Crippen molar-refractivity contribution in [3.63, 3.8) is 0 Å². The lowest BCUT2D eigenvalue weighted by molar-refractivity contribution is -0.0756. The van der Waals surface area contributed by atoms with Crippen molar-refractivity contribution in [2.24, 2.45) is 0 Å². The molecule has 0 saturated carbocycles. The SMILES string of the molecule is CON(C)C(=O)c1cccc(Cl)c1Cl. The molecule has 0 bridgehead atoms. The van der Waals surface area contributed by atoms with Crippen molar-refractivity contribution < 1.29 is 9.63 Å². The van der Waals surface area contributed by atoms with Crippen LogP contribution in [0.4, 0.5) is 0 Å². The third-order valence-corrected chi connectivity index (χ3v) is 2.56. The van der Waals surface area contributed by atoms with Crippen LogP contribution in [0.25, 0.3) is 0 Å². The molecule has 14 heavy (non-hydrogen) atoms. The predicted molar refractivity (Wildman–Crippen MR) is 55.6 cm³/mol. The fourth-order valence-corrected chi connectivity index (χ4v) is 1.30. The van der Waals surface area contributed by atoms with E-state index in [4.69, 9.17) is 28.0 Å². The van der Waals surface area contributed by atoms with Gasteiger partial charge in [0.2, 0.25) is 0 Å². The van der Waals surface area contributed by atoms with E-state index in [1.54, 1.807) is 18.2 Å². The number of carbonyl (C=O) groups excluding carboxylic acids is 1. The molecular formula is C9H9Cl2NO2. The van der Waals surface area contributed by atoms with E-state index in [1.807, 2.05) is 0 Å². The first-order valence-corrected chi connectivity index (χ1v) is 4.59. The molecule has 5 heteroatoms. The summed E-state index contributed by atoms with van der Waals surface area (Å²) in [6.07, 6.45) is 0. The molecule has 1 aromatic rings. The van der Waals surface area contributed by atoms with Gasteiger partial charge in [0.25, 0.3) is 5.91 Å². The zero-order chi connectivity index (χ0) is 10.7. The van der Waals surface area contributed by atoms with Crippen LogP contribution in [0.15, 0.2) is 18.2 Å². The van der Waals surface area contributed by atoms with Gasteiger partial charge in [-0.05, 0) is 12.1 Å². The fraction of sp³-hybridized carbons (Fsp3) is 0.222. The number of hydrogen-bond acceptors (Lipinski definition) is 2. The van der Waals surface area contributed by atoms with Gasteiger partial charge >= 0.3 is 0 Å². The minimum absolute atomic E-state index is 0.239. The Bertz CT molecular complexity index is 355. The Balaban J connectivity index is 3.07. The van der Waals surface area contributed by atoms with Crippen LogP contribution >= 0.6 is 23.2 Å². The quantitative estimate of drug-likeness (QED) is 0.736. The molecule has 3 nitrogen and oxygen atoms in total. The summed E-state index contributed by atoms with van der Waals surface area (Å²) in [5.74, 6) is -0.333. The second-order valence-corrected chi connectivity index (χ2v) is 3.37. The van der Waals surface area contributed by atoms with E-state index in [0.29, 0.717) is 10.6 Å². The summed E-state index contributed by atoms with van der Waals surface area (Å²) >= 11 is 11.6. The van der Waals surface area contributed by atoms with Gasteiger partial charge in [-0.15, -0.1) is 0 Å². The molecule has 1 aromatic carbocycles. The smallest absolute Gasteiger partial charge is 0.274 e. The lowest BCUT2D eigenvalue weighted by Gasteiger charge is -2.14. The van der Waals surface area contributed by atoms with Crippen molar-refractivity contribution in [2.45, 2.75) is 0 Å². The van der Waals surface area contributed by atoms with Gasteiger partial charge < -0.3 is 0 Å². The molecule has 0 fully saturated rings. The Hall–Kier alpha value is -0.770. The highest BCUT2D eigenvalue weighted by Gasteiger charge is 2.16. The first kappa shape index (κ1) is 11.3. The zero-order valence-electron chi connectivity index (χ0n) is 7.75. The number of nitrogens with zero attached hydrogens (tertiary/aromatic N) is 1. The summed E-state index contributed by atoms with van der Waals surface area (Å²) < 4.78 is 0. The summed E-state index contributed by atoms with van der Waals surface area (Å²) in [7, 11) is 2.90. The second kappa shape index (κ2) is 4.64. The highest BCUT2D eigenvalue weighted by molar-refractivity contribution is 6.43. The van der Waals surface area contributed by atoms with Crippen LogP contribution in [0, 0.1) is 0 Å². The van der Waals surface area contributed by atoms with Crippen LogP contribution in [-0.4, -0.2) is 25.1 Å². The number of hydrogen-bond donors (Lipinski definition) is 0. The Labute approximate surface area is 92.1 Å². The van der Waals surface area contributed by atoms with Crippen molar-refractivity contribution in [1.82, 2.24) is 5.06 Å². The maximum Gasteiger partial charge on any atom is 0.278 e. The summed E-state index contributed by atoms with van der Waals surface area (Å²) in [6, 6.07) is 4.87. The van der Waals surface area contributed by atoms with Gasteiger partial charge in [-0.25, -0.2) is 5.06 Å². The highest BCUT2D eigenvalue weighted by Crippen LogP contribution is 2.26. The molecule has 1 rings (SSSR count). The van der Waals surface area contributed by atoms with Crippen LogP contribution in [0.2, 0.25) is 10.0 Å². The molecular weight excluding hydrogens is 225 g/mol. The second-order valence-electron chi connectivity index (χ2n) is 2.59. The molecule has 0 aromatic heterocycles. The molecule has 0 spiro atoms. The molecule has 0 aliphatic carbocycles. The number of halogens is 2. The lowest BCUT2D eigenvalue weighted by atomic mass is 10.2. The van der Waals surface area contributed by atoms with E-state index in [1.165, 1.54) is 14.2 Å². The molecule has 76 valence electrons. The molecule has 0 radical (unpaired) electrons. The Morgan fingerprint density at radius 1 is 1.43 bits per heavy atom. The first-order valence-electron chi connectivity index (χ1n) is 3.84. The number of benzene rings is 1. The van der Waals surface area contributed by atoms with Crippen molar-refractivity contribution in [1.29, 1.82) is 0 Å². The average Bonchev–Trinajstić information content (AvgIpc) is 2.20. The molecule has 0 atom stereocenters. The van der Waals surface area contributed by atoms with Gasteiger partial charge in [-0.2, -0.15) is 0 Å².